The van der Waals surface area contributed by atoms with Crippen molar-refractivity contribution in [1.29, 1.82) is 0 Å². The number of aromatic nitrogens is 3. The van der Waals surface area contributed by atoms with Gasteiger partial charge in [0.05, 0.1) is 24.6 Å². The van der Waals surface area contributed by atoms with Gasteiger partial charge in [0.15, 0.2) is 5.65 Å². The molecule has 4 aromatic rings. The average molecular weight is 570 g/mol. The standard InChI is InChI=1S/C33H36FN5O3/c1-21-17-26(38-16-15-33(2,20-38)24-7-5-4-6-8-24)19-39-30(21)36-29(37-39)31(40)35-25-12-9-22(10-13-25)23-11-14-28(34)27(18-23)32(41)42-3/h4-8,11,14,17-19,22,25H,9-10,12-13,15-16,20H2,1-3H3,(H,35,40)/t22?,25?,33-/m0/s1. The zero-order valence-corrected chi connectivity index (χ0v) is 24.3. The number of carbonyl (C=O) groups is 2. The second kappa shape index (κ2) is 11.2. The van der Waals surface area contributed by atoms with E-state index in [0.29, 0.717) is 5.65 Å². The molecule has 3 heterocycles. The van der Waals surface area contributed by atoms with Crippen LogP contribution in [0.2, 0.25) is 0 Å². The number of esters is 1. The summed E-state index contributed by atoms with van der Waals surface area (Å²) >= 11 is 0. The molecule has 2 aromatic heterocycles. The van der Waals surface area contributed by atoms with E-state index in [-0.39, 0.29) is 34.7 Å². The predicted molar refractivity (Wildman–Crippen MR) is 159 cm³/mol. The molecule has 1 aliphatic carbocycles. The quantitative estimate of drug-likeness (QED) is 0.305. The number of carbonyl (C=O) groups excluding carboxylic acids is 2. The molecule has 2 fully saturated rings. The van der Waals surface area contributed by atoms with Gasteiger partial charge < -0.3 is 15.0 Å². The molecule has 218 valence electrons. The van der Waals surface area contributed by atoms with Crippen molar-refractivity contribution in [2.24, 2.45) is 0 Å². The molecule has 6 rings (SSSR count). The van der Waals surface area contributed by atoms with Crippen molar-refractivity contribution in [1.82, 2.24) is 19.9 Å². The minimum atomic E-state index is -0.677. The van der Waals surface area contributed by atoms with Crippen molar-refractivity contribution in [3.8, 4) is 0 Å². The Balaban J connectivity index is 1.10. The number of aryl methyl sites for hydroxylation is 1. The normalized spacial score (nSPS) is 22.3. The van der Waals surface area contributed by atoms with Crippen LogP contribution in [-0.4, -0.2) is 52.7 Å². The Kier molecular flexibility index (Phi) is 7.43. The van der Waals surface area contributed by atoms with E-state index in [2.05, 4.69) is 63.6 Å². The molecule has 2 aliphatic rings. The summed E-state index contributed by atoms with van der Waals surface area (Å²) in [7, 11) is 1.25. The van der Waals surface area contributed by atoms with E-state index in [4.69, 9.17) is 4.74 Å². The highest BCUT2D eigenvalue weighted by Gasteiger charge is 2.35. The first-order chi connectivity index (χ1) is 20.2. The number of anilines is 1. The molecule has 1 aliphatic heterocycles. The lowest BCUT2D eigenvalue weighted by Crippen LogP contribution is -2.37. The van der Waals surface area contributed by atoms with Crippen molar-refractivity contribution < 1.29 is 18.7 Å². The monoisotopic (exact) mass is 569 g/mol. The van der Waals surface area contributed by atoms with Crippen LogP contribution in [0.5, 0.6) is 0 Å². The molecule has 2 aromatic carbocycles. The summed E-state index contributed by atoms with van der Waals surface area (Å²) in [5.41, 5.74) is 5.02. The Morgan fingerprint density at radius 2 is 1.83 bits per heavy atom. The molecule has 1 amide bonds. The van der Waals surface area contributed by atoms with Crippen molar-refractivity contribution in [3.05, 3.63) is 94.7 Å². The van der Waals surface area contributed by atoms with Gasteiger partial charge in [0.2, 0.25) is 5.82 Å². The van der Waals surface area contributed by atoms with Crippen LogP contribution in [0.25, 0.3) is 5.65 Å². The highest BCUT2D eigenvalue weighted by Crippen LogP contribution is 2.37. The fraction of sp³-hybridized carbons (Fsp3) is 0.394. The van der Waals surface area contributed by atoms with Gasteiger partial charge in [-0.3, -0.25) is 4.79 Å². The first-order valence-corrected chi connectivity index (χ1v) is 14.6. The summed E-state index contributed by atoms with van der Waals surface area (Å²) in [6.45, 7) is 6.18. The molecular weight excluding hydrogens is 533 g/mol. The van der Waals surface area contributed by atoms with E-state index in [1.54, 1.807) is 16.6 Å². The van der Waals surface area contributed by atoms with Gasteiger partial charge in [0.1, 0.15) is 5.82 Å². The zero-order chi connectivity index (χ0) is 29.4. The van der Waals surface area contributed by atoms with E-state index < -0.39 is 11.8 Å². The van der Waals surface area contributed by atoms with E-state index in [9.17, 15) is 14.0 Å². The minimum absolute atomic E-state index is 0.00203. The van der Waals surface area contributed by atoms with Gasteiger partial charge in [-0.25, -0.2) is 18.7 Å². The molecular formula is C33H36FN5O3. The molecule has 0 radical (unpaired) electrons. The van der Waals surface area contributed by atoms with Crippen molar-refractivity contribution in [2.75, 3.05) is 25.1 Å². The maximum atomic E-state index is 14.1. The van der Waals surface area contributed by atoms with Gasteiger partial charge in [0, 0.05) is 24.5 Å². The number of pyridine rings is 1. The summed E-state index contributed by atoms with van der Waals surface area (Å²) in [5.74, 6) is -1.20. The maximum absolute atomic E-state index is 14.1. The van der Waals surface area contributed by atoms with E-state index >= 15 is 0 Å². The number of nitrogens with one attached hydrogen (secondary N) is 1. The summed E-state index contributed by atoms with van der Waals surface area (Å²) in [6, 6.07) is 17.4. The van der Waals surface area contributed by atoms with Crippen LogP contribution in [0.3, 0.4) is 0 Å². The number of benzene rings is 2. The number of hydrogen-bond donors (Lipinski definition) is 1. The Morgan fingerprint density at radius 1 is 1.07 bits per heavy atom. The van der Waals surface area contributed by atoms with Crippen LogP contribution in [0, 0.1) is 12.7 Å². The van der Waals surface area contributed by atoms with Crippen LogP contribution < -0.4 is 10.2 Å². The van der Waals surface area contributed by atoms with Gasteiger partial charge in [-0.15, -0.1) is 5.10 Å². The number of methoxy groups -OCH3 is 1. The van der Waals surface area contributed by atoms with Crippen LogP contribution in [-0.2, 0) is 10.2 Å². The molecule has 1 atom stereocenters. The Morgan fingerprint density at radius 3 is 2.57 bits per heavy atom. The second-order valence-corrected chi connectivity index (χ2v) is 11.9. The third-order valence-electron chi connectivity index (χ3n) is 9.04. The molecule has 9 heteroatoms. The number of fused-ring (bicyclic) bond motifs is 1. The lowest BCUT2D eigenvalue weighted by Gasteiger charge is -2.29. The molecule has 0 spiro atoms. The van der Waals surface area contributed by atoms with E-state index in [1.165, 1.54) is 18.7 Å². The zero-order valence-electron chi connectivity index (χ0n) is 24.3. The number of hydrogen-bond acceptors (Lipinski definition) is 6. The summed E-state index contributed by atoms with van der Waals surface area (Å²) < 4.78 is 20.5. The molecule has 0 unspecified atom stereocenters. The third-order valence-corrected chi connectivity index (χ3v) is 9.04. The lowest BCUT2D eigenvalue weighted by atomic mass is 9.81. The Labute approximate surface area is 244 Å². The number of rotatable bonds is 6. The maximum Gasteiger partial charge on any atom is 0.340 e. The third kappa shape index (κ3) is 5.35. The Hall–Kier alpha value is -4.27. The molecule has 1 N–H and O–H groups in total. The van der Waals surface area contributed by atoms with Crippen molar-refractivity contribution in [3.63, 3.8) is 0 Å². The lowest BCUT2D eigenvalue weighted by molar-refractivity contribution is 0.0595. The summed E-state index contributed by atoms with van der Waals surface area (Å²) in [6.07, 6.45) is 6.21. The number of amides is 1. The predicted octanol–water partition coefficient (Wildman–Crippen LogP) is 5.59. The first kappa shape index (κ1) is 27.9. The summed E-state index contributed by atoms with van der Waals surface area (Å²) in [4.78, 5) is 32.0. The first-order valence-electron chi connectivity index (χ1n) is 14.6. The number of ether oxygens (including phenoxy) is 1. The molecule has 0 bridgehead atoms. The van der Waals surface area contributed by atoms with Crippen LogP contribution in [0.15, 0.2) is 60.8 Å². The number of halogens is 1. The second-order valence-electron chi connectivity index (χ2n) is 11.9. The summed E-state index contributed by atoms with van der Waals surface area (Å²) in [5, 5.41) is 7.67. The van der Waals surface area contributed by atoms with Crippen LogP contribution >= 0.6 is 0 Å². The smallest absolute Gasteiger partial charge is 0.340 e. The highest BCUT2D eigenvalue weighted by molar-refractivity contribution is 5.91. The van der Waals surface area contributed by atoms with Gasteiger partial charge >= 0.3 is 5.97 Å². The van der Waals surface area contributed by atoms with Gasteiger partial charge in [0.25, 0.3) is 5.91 Å². The van der Waals surface area contributed by atoms with Crippen molar-refractivity contribution in [2.45, 2.75) is 63.3 Å². The topological polar surface area (TPSA) is 88.8 Å². The highest BCUT2D eigenvalue weighted by atomic mass is 19.1. The number of nitrogens with zero attached hydrogens (tertiary/aromatic N) is 4. The fourth-order valence-electron chi connectivity index (χ4n) is 6.54. The van der Waals surface area contributed by atoms with E-state index in [1.807, 2.05) is 13.1 Å². The largest absolute Gasteiger partial charge is 0.465 e. The minimum Gasteiger partial charge on any atom is -0.465 e. The average Bonchev–Trinajstić information content (AvgIpc) is 3.63. The Bertz CT molecular complexity index is 1630. The van der Waals surface area contributed by atoms with Gasteiger partial charge in [-0.2, -0.15) is 0 Å². The van der Waals surface area contributed by atoms with Gasteiger partial charge in [-0.1, -0.05) is 43.3 Å². The molecule has 8 nitrogen and oxygen atoms in total. The molecule has 42 heavy (non-hydrogen) atoms. The fourth-order valence-corrected chi connectivity index (χ4v) is 6.54. The van der Waals surface area contributed by atoms with Gasteiger partial charge in [-0.05, 0) is 79.8 Å². The van der Waals surface area contributed by atoms with E-state index in [0.717, 1.165) is 62.0 Å². The molecule has 1 saturated carbocycles. The SMILES string of the molecule is COC(=O)c1cc(C2CCC(NC(=O)c3nc4c(C)cc(N5CC[C@](C)(c6ccccc6)C5)cn4n3)CC2)ccc1F. The molecule has 1 saturated heterocycles. The van der Waals surface area contributed by atoms with Crippen molar-refractivity contribution >= 4 is 23.2 Å². The van der Waals surface area contributed by atoms with Crippen LogP contribution in [0.1, 0.15) is 82.6 Å². The van der Waals surface area contributed by atoms with Crippen LogP contribution in [0.4, 0.5) is 10.1 Å².